The van der Waals surface area contributed by atoms with Crippen molar-refractivity contribution in [2.45, 2.75) is 12.5 Å². The normalized spacial score (nSPS) is 21.8. The average Bonchev–Trinajstić information content (AvgIpc) is 2.57. The quantitative estimate of drug-likeness (QED) is 0.747. The monoisotopic (exact) mass is 181 g/mol. The zero-order valence-electron chi connectivity index (χ0n) is 7.29. The highest BCUT2D eigenvalue weighted by Gasteiger charge is 2.15. The van der Waals surface area contributed by atoms with Gasteiger partial charge in [0.05, 0.1) is 0 Å². The second-order valence-electron chi connectivity index (χ2n) is 3.19. The van der Waals surface area contributed by atoms with Gasteiger partial charge in [0, 0.05) is 12.6 Å². The molecule has 1 atom stereocenters. The maximum Gasteiger partial charge on any atom is 0.126 e. The molecule has 0 aliphatic carbocycles. The summed E-state index contributed by atoms with van der Waals surface area (Å²) in [5.41, 5.74) is 0. The first-order valence-corrected chi connectivity index (χ1v) is 4.47. The molecule has 70 valence electrons. The van der Waals surface area contributed by atoms with Crippen molar-refractivity contribution in [1.29, 1.82) is 0 Å². The van der Waals surface area contributed by atoms with Crippen LogP contribution in [-0.2, 0) is 0 Å². The fraction of sp³-hybridized carbons (Fsp3) is 0.400. The fourth-order valence-electron chi connectivity index (χ4n) is 1.46. The third-order valence-corrected chi connectivity index (χ3v) is 2.11. The molecule has 13 heavy (non-hydrogen) atoms. The molecule has 1 fully saturated rings. The average molecular weight is 181 g/mol. The Bertz CT molecular complexity index is 284. The van der Waals surface area contributed by atoms with Crippen molar-refractivity contribution in [3.63, 3.8) is 0 Å². The van der Waals surface area contributed by atoms with E-state index < -0.39 is 0 Å². The summed E-state index contributed by atoms with van der Waals surface area (Å²) in [6, 6.07) is 6.27. The van der Waals surface area contributed by atoms with Crippen LogP contribution in [0, 0.1) is 5.82 Å². The summed E-state index contributed by atoms with van der Waals surface area (Å²) < 4.78 is 18.3. The second-order valence-corrected chi connectivity index (χ2v) is 3.19. The van der Waals surface area contributed by atoms with Gasteiger partial charge in [-0.3, -0.25) is 0 Å². The highest BCUT2D eigenvalue weighted by Crippen LogP contribution is 2.15. The molecule has 0 aromatic heterocycles. The molecule has 1 saturated heterocycles. The third-order valence-electron chi connectivity index (χ3n) is 2.11. The van der Waals surface area contributed by atoms with Gasteiger partial charge in [0.25, 0.3) is 0 Å². The van der Waals surface area contributed by atoms with Gasteiger partial charge in [0.1, 0.15) is 17.7 Å². The first kappa shape index (κ1) is 8.51. The van der Waals surface area contributed by atoms with E-state index in [4.69, 9.17) is 4.74 Å². The van der Waals surface area contributed by atoms with Gasteiger partial charge >= 0.3 is 0 Å². The Morgan fingerprint density at radius 3 is 3.08 bits per heavy atom. The molecule has 0 amide bonds. The maximum atomic E-state index is 12.7. The molecule has 0 saturated carbocycles. The molecular weight excluding hydrogens is 169 g/mol. The molecule has 0 unspecified atom stereocenters. The van der Waals surface area contributed by atoms with E-state index in [1.165, 1.54) is 12.1 Å². The zero-order chi connectivity index (χ0) is 9.10. The number of benzene rings is 1. The molecule has 1 aliphatic heterocycles. The van der Waals surface area contributed by atoms with Crippen molar-refractivity contribution in [2.75, 3.05) is 13.1 Å². The van der Waals surface area contributed by atoms with Crippen LogP contribution in [0.25, 0.3) is 0 Å². The topological polar surface area (TPSA) is 21.3 Å². The molecule has 1 heterocycles. The van der Waals surface area contributed by atoms with E-state index in [9.17, 15) is 4.39 Å². The minimum Gasteiger partial charge on any atom is -0.489 e. The predicted octanol–water partition coefficient (Wildman–Crippen LogP) is 1.57. The largest absolute Gasteiger partial charge is 0.489 e. The number of halogens is 1. The van der Waals surface area contributed by atoms with Crippen molar-refractivity contribution in [3.8, 4) is 5.75 Å². The molecule has 0 bridgehead atoms. The van der Waals surface area contributed by atoms with Crippen molar-refractivity contribution in [3.05, 3.63) is 30.1 Å². The lowest BCUT2D eigenvalue weighted by Gasteiger charge is -2.11. The van der Waals surface area contributed by atoms with E-state index in [-0.39, 0.29) is 11.9 Å². The van der Waals surface area contributed by atoms with E-state index in [1.54, 1.807) is 12.1 Å². The van der Waals surface area contributed by atoms with Crippen LogP contribution in [0.4, 0.5) is 4.39 Å². The lowest BCUT2D eigenvalue weighted by atomic mass is 10.3. The minimum absolute atomic E-state index is 0.196. The molecule has 1 N–H and O–H groups in total. The summed E-state index contributed by atoms with van der Waals surface area (Å²) in [6.45, 7) is 1.84. The molecule has 1 aromatic carbocycles. The Labute approximate surface area is 76.7 Å². The van der Waals surface area contributed by atoms with Crippen molar-refractivity contribution < 1.29 is 9.13 Å². The first-order valence-electron chi connectivity index (χ1n) is 4.47. The first-order chi connectivity index (χ1) is 6.34. The van der Waals surface area contributed by atoms with Crippen LogP contribution in [0.3, 0.4) is 0 Å². The Hall–Kier alpha value is -1.09. The van der Waals surface area contributed by atoms with Crippen LogP contribution in [0.15, 0.2) is 24.3 Å². The standard InChI is InChI=1S/C10H12FNO/c11-8-2-1-3-9(6-8)13-10-4-5-12-7-10/h1-3,6,10,12H,4-5,7H2/t10-/m1/s1. The molecule has 0 spiro atoms. The van der Waals surface area contributed by atoms with E-state index in [0.717, 1.165) is 19.5 Å². The molecule has 2 rings (SSSR count). The predicted molar refractivity (Wildman–Crippen MR) is 48.3 cm³/mol. The van der Waals surface area contributed by atoms with Crippen LogP contribution < -0.4 is 10.1 Å². The number of ether oxygens (including phenoxy) is 1. The summed E-state index contributed by atoms with van der Waals surface area (Å²) in [6.07, 6.45) is 1.19. The van der Waals surface area contributed by atoms with Gasteiger partial charge in [-0.25, -0.2) is 4.39 Å². The van der Waals surface area contributed by atoms with Gasteiger partial charge in [-0.05, 0) is 25.1 Å². The summed E-state index contributed by atoms with van der Waals surface area (Å²) in [5, 5.41) is 3.19. The zero-order valence-corrected chi connectivity index (χ0v) is 7.29. The van der Waals surface area contributed by atoms with Crippen LogP contribution >= 0.6 is 0 Å². The SMILES string of the molecule is Fc1cccc(O[C@@H]2CCNC2)c1. The maximum absolute atomic E-state index is 12.7. The summed E-state index contributed by atoms with van der Waals surface area (Å²) in [4.78, 5) is 0. The highest BCUT2D eigenvalue weighted by atomic mass is 19.1. The van der Waals surface area contributed by atoms with Gasteiger partial charge in [0.2, 0.25) is 0 Å². The lowest BCUT2D eigenvalue weighted by molar-refractivity contribution is 0.222. The molecule has 3 heteroatoms. The van der Waals surface area contributed by atoms with Crippen LogP contribution in [0.5, 0.6) is 5.75 Å². The Morgan fingerprint density at radius 2 is 2.38 bits per heavy atom. The summed E-state index contributed by atoms with van der Waals surface area (Å²) in [5.74, 6) is 0.372. The van der Waals surface area contributed by atoms with E-state index in [0.29, 0.717) is 5.75 Å². The Kier molecular flexibility index (Phi) is 2.45. The van der Waals surface area contributed by atoms with Crippen LogP contribution in [0.2, 0.25) is 0 Å². The minimum atomic E-state index is -0.247. The van der Waals surface area contributed by atoms with Gasteiger partial charge in [-0.15, -0.1) is 0 Å². The van der Waals surface area contributed by atoms with Gasteiger partial charge in [-0.1, -0.05) is 6.07 Å². The number of hydrogen-bond acceptors (Lipinski definition) is 2. The van der Waals surface area contributed by atoms with Crippen molar-refractivity contribution in [2.24, 2.45) is 0 Å². The fourth-order valence-corrected chi connectivity index (χ4v) is 1.46. The molecule has 1 aromatic rings. The summed E-state index contributed by atoms with van der Waals surface area (Å²) >= 11 is 0. The van der Waals surface area contributed by atoms with Crippen LogP contribution in [-0.4, -0.2) is 19.2 Å². The molecular formula is C10H12FNO. The lowest BCUT2D eigenvalue weighted by Crippen LogP contribution is -2.19. The molecule has 1 aliphatic rings. The van der Waals surface area contributed by atoms with Crippen LogP contribution in [0.1, 0.15) is 6.42 Å². The Balaban J connectivity index is 2.00. The Morgan fingerprint density at radius 1 is 1.46 bits per heavy atom. The smallest absolute Gasteiger partial charge is 0.126 e. The summed E-state index contributed by atoms with van der Waals surface area (Å²) in [7, 11) is 0. The van der Waals surface area contributed by atoms with Crippen molar-refractivity contribution >= 4 is 0 Å². The van der Waals surface area contributed by atoms with Crippen molar-refractivity contribution in [1.82, 2.24) is 5.32 Å². The van der Waals surface area contributed by atoms with E-state index >= 15 is 0 Å². The van der Waals surface area contributed by atoms with Gasteiger partial charge in [0.15, 0.2) is 0 Å². The number of hydrogen-bond donors (Lipinski definition) is 1. The second kappa shape index (κ2) is 3.75. The van der Waals surface area contributed by atoms with E-state index in [1.807, 2.05) is 0 Å². The van der Waals surface area contributed by atoms with E-state index in [2.05, 4.69) is 5.32 Å². The number of rotatable bonds is 2. The van der Waals surface area contributed by atoms with Gasteiger partial charge < -0.3 is 10.1 Å². The molecule has 0 radical (unpaired) electrons. The number of nitrogens with one attached hydrogen (secondary N) is 1. The van der Waals surface area contributed by atoms with Gasteiger partial charge in [-0.2, -0.15) is 0 Å². The third kappa shape index (κ3) is 2.18. The highest BCUT2D eigenvalue weighted by molar-refractivity contribution is 5.22. The molecule has 2 nitrogen and oxygen atoms in total.